The summed E-state index contributed by atoms with van der Waals surface area (Å²) < 4.78 is 11.3. The number of ether oxygens (including phenoxy) is 2. The molecular formula is C16H25N3O2. The highest BCUT2D eigenvalue weighted by atomic mass is 16.5. The molecule has 0 saturated carbocycles. The third-order valence-corrected chi connectivity index (χ3v) is 3.57. The third-order valence-electron chi connectivity index (χ3n) is 3.57. The van der Waals surface area contributed by atoms with Crippen molar-refractivity contribution in [2.75, 3.05) is 27.3 Å². The molecule has 1 saturated heterocycles. The molecule has 2 N–H and O–H groups in total. The Bertz CT molecular complexity index is 457. The molecule has 2 rings (SSSR count). The second-order valence-corrected chi connectivity index (χ2v) is 5.12. The lowest BCUT2D eigenvalue weighted by Gasteiger charge is -2.22. The highest BCUT2D eigenvalue weighted by molar-refractivity contribution is 5.79. The molecule has 1 heterocycles. The van der Waals surface area contributed by atoms with Gasteiger partial charge in [0, 0.05) is 33.9 Å². The molecule has 5 heteroatoms. The number of nitrogens with one attached hydrogen (secondary N) is 2. The van der Waals surface area contributed by atoms with Gasteiger partial charge in [0.2, 0.25) is 0 Å². The Morgan fingerprint density at radius 2 is 2.10 bits per heavy atom. The zero-order valence-corrected chi connectivity index (χ0v) is 12.9. The third kappa shape index (κ3) is 5.36. The van der Waals surface area contributed by atoms with Gasteiger partial charge in [0.1, 0.15) is 0 Å². The molecule has 1 aliphatic rings. The minimum Gasteiger partial charge on any atom is -0.381 e. The van der Waals surface area contributed by atoms with Crippen molar-refractivity contribution in [3.8, 4) is 0 Å². The van der Waals surface area contributed by atoms with Crippen LogP contribution in [-0.2, 0) is 22.6 Å². The number of benzene rings is 1. The van der Waals surface area contributed by atoms with Crippen molar-refractivity contribution in [1.82, 2.24) is 10.6 Å². The van der Waals surface area contributed by atoms with Gasteiger partial charge in [-0.15, -0.1) is 0 Å². The fourth-order valence-electron chi connectivity index (χ4n) is 2.35. The van der Waals surface area contributed by atoms with Crippen molar-refractivity contribution in [3.05, 3.63) is 35.4 Å². The quantitative estimate of drug-likeness (QED) is 0.640. The van der Waals surface area contributed by atoms with E-state index in [0.29, 0.717) is 12.7 Å². The van der Waals surface area contributed by atoms with E-state index in [1.165, 1.54) is 11.1 Å². The van der Waals surface area contributed by atoms with E-state index in [0.717, 1.165) is 38.6 Å². The Morgan fingerprint density at radius 1 is 1.33 bits per heavy atom. The molecule has 0 unspecified atom stereocenters. The number of guanidine groups is 1. The molecule has 0 aliphatic carbocycles. The lowest BCUT2D eigenvalue weighted by Crippen LogP contribution is -2.34. The van der Waals surface area contributed by atoms with E-state index < -0.39 is 0 Å². The first kappa shape index (κ1) is 15.8. The van der Waals surface area contributed by atoms with Crippen LogP contribution in [0.5, 0.6) is 0 Å². The Hall–Kier alpha value is -1.59. The summed E-state index contributed by atoms with van der Waals surface area (Å²) in [6, 6.07) is 8.46. The molecule has 1 fully saturated rings. The van der Waals surface area contributed by atoms with Crippen LogP contribution < -0.4 is 10.6 Å². The molecule has 1 aromatic carbocycles. The van der Waals surface area contributed by atoms with Gasteiger partial charge in [-0.1, -0.05) is 24.3 Å². The smallest absolute Gasteiger partial charge is 0.190 e. The number of hydrogen-bond donors (Lipinski definition) is 2. The van der Waals surface area contributed by atoms with Gasteiger partial charge in [0.05, 0.1) is 12.7 Å². The normalized spacial score (nSPS) is 16.8. The first-order valence-corrected chi connectivity index (χ1v) is 7.47. The Morgan fingerprint density at radius 3 is 2.81 bits per heavy atom. The van der Waals surface area contributed by atoms with Gasteiger partial charge in [0.25, 0.3) is 0 Å². The van der Waals surface area contributed by atoms with Crippen molar-refractivity contribution in [1.29, 1.82) is 0 Å². The van der Waals surface area contributed by atoms with Gasteiger partial charge >= 0.3 is 0 Å². The van der Waals surface area contributed by atoms with Crippen molar-refractivity contribution >= 4 is 5.96 Å². The predicted octanol–water partition coefficient (Wildman–Crippen LogP) is 1.68. The first-order valence-electron chi connectivity index (χ1n) is 7.47. The fourth-order valence-corrected chi connectivity index (χ4v) is 2.35. The van der Waals surface area contributed by atoms with Gasteiger partial charge < -0.3 is 20.1 Å². The summed E-state index contributed by atoms with van der Waals surface area (Å²) >= 11 is 0. The van der Waals surface area contributed by atoms with Crippen LogP contribution in [0.3, 0.4) is 0 Å². The van der Waals surface area contributed by atoms with E-state index in [-0.39, 0.29) is 0 Å². The summed E-state index contributed by atoms with van der Waals surface area (Å²) in [7, 11) is 3.62. The monoisotopic (exact) mass is 291 g/mol. The van der Waals surface area contributed by atoms with Gasteiger partial charge in [-0.2, -0.15) is 0 Å². The Balaban J connectivity index is 1.82. The predicted molar refractivity (Wildman–Crippen MR) is 84.3 cm³/mol. The number of nitrogens with zero attached hydrogens (tertiary/aromatic N) is 1. The molecule has 0 aromatic heterocycles. The maximum absolute atomic E-state index is 5.96. The number of aliphatic imine (C=N–C) groups is 1. The molecule has 116 valence electrons. The number of hydrogen-bond acceptors (Lipinski definition) is 3. The summed E-state index contributed by atoms with van der Waals surface area (Å²) in [4.78, 5) is 4.10. The minimum absolute atomic E-state index is 0.337. The first-order chi connectivity index (χ1) is 10.3. The second-order valence-electron chi connectivity index (χ2n) is 5.12. The van der Waals surface area contributed by atoms with Crippen LogP contribution in [-0.4, -0.2) is 39.4 Å². The van der Waals surface area contributed by atoms with E-state index in [1.807, 2.05) is 7.05 Å². The summed E-state index contributed by atoms with van der Waals surface area (Å²) in [6.45, 7) is 3.05. The van der Waals surface area contributed by atoms with Crippen LogP contribution in [0.2, 0.25) is 0 Å². The molecule has 0 bridgehead atoms. The van der Waals surface area contributed by atoms with E-state index in [4.69, 9.17) is 9.47 Å². The summed E-state index contributed by atoms with van der Waals surface area (Å²) in [5.74, 6) is 0.791. The average Bonchev–Trinajstić information content (AvgIpc) is 2.55. The lowest BCUT2D eigenvalue weighted by molar-refractivity contribution is -0.0390. The van der Waals surface area contributed by atoms with Gasteiger partial charge in [-0.25, -0.2) is 0 Å². The van der Waals surface area contributed by atoms with Crippen LogP contribution in [0.4, 0.5) is 0 Å². The largest absolute Gasteiger partial charge is 0.381 e. The second kappa shape index (κ2) is 8.64. The molecule has 1 aliphatic heterocycles. The molecule has 0 amide bonds. The van der Waals surface area contributed by atoms with Crippen LogP contribution in [0.1, 0.15) is 24.0 Å². The maximum atomic E-state index is 5.96. The van der Waals surface area contributed by atoms with Gasteiger partial charge in [-0.3, -0.25) is 4.99 Å². The molecule has 0 radical (unpaired) electrons. The SMILES string of the molecule is CN=C(NC)NCc1cccc(COC2CCOCC2)c1. The van der Waals surface area contributed by atoms with Crippen molar-refractivity contribution in [3.63, 3.8) is 0 Å². The average molecular weight is 291 g/mol. The molecular weight excluding hydrogens is 266 g/mol. The lowest BCUT2D eigenvalue weighted by atomic mass is 10.1. The summed E-state index contributed by atoms with van der Waals surface area (Å²) in [5, 5.41) is 6.26. The molecule has 5 nitrogen and oxygen atoms in total. The van der Waals surface area contributed by atoms with Crippen LogP contribution in [0.15, 0.2) is 29.3 Å². The summed E-state index contributed by atoms with van der Waals surface area (Å²) in [6.07, 6.45) is 2.34. The van der Waals surface area contributed by atoms with E-state index in [9.17, 15) is 0 Å². The minimum atomic E-state index is 0.337. The summed E-state index contributed by atoms with van der Waals surface area (Å²) in [5.41, 5.74) is 2.43. The van der Waals surface area contributed by atoms with E-state index in [1.54, 1.807) is 7.05 Å². The van der Waals surface area contributed by atoms with Crippen LogP contribution >= 0.6 is 0 Å². The zero-order valence-electron chi connectivity index (χ0n) is 12.9. The van der Waals surface area contributed by atoms with Crippen LogP contribution in [0, 0.1) is 0 Å². The van der Waals surface area contributed by atoms with Crippen LogP contribution in [0.25, 0.3) is 0 Å². The van der Waals surface area contributed by atoms with E-state index in [2.05, 4.69) is 39.9 Å². The Labute approximate surface area is 126 Å². The van der Waals surface area contributed by atoms with Crippen molar-refractivity contribution < 1.29 is 9.47 Å². The van der Waals surface area contributed by atoms with Gasteiger partial charge in [-0.05, 0) is 24.0 Å². The highest BCUT2D eigenvalue weighted by Gasteiger charge is 2.13. The topological polar surface area (TPSA) is 54.9 Å². The fraction of sp³-hybridized carbons (Fsp3) is 0.562. The molecule has 21 heavy (non-hydrogen) atoms. The van der Waals surface area contributed by atoms with E-state index >= 15 is 0 Å². The molecule has 0 spiro atoms. The standard InChI is InChI=1S/C16H25N3O2/c1-17-16(18-2)19-11-13-4-3-5-14(10-13)12-21-15-6-8-20-9-7-15/h3-5,10,15H,6-9,11-12H2,1-2H3,(H2,17,18,19). The highest BCUT2D eigenvalue weighted by Crippen LogP contribution is 2.14. The van der Waals surface area contributed by atoms with Gasteiger partial charge in [0.15, 0.2) is 5.96 Å². The number of rotatable bonds is 5. The zero-order chi connectivity index (χ0) is 14.9. The van der Waals surface area contributed by atoms with Crippen molar-refractivity contribution in [2.24, 2.45) is 4.99 Å². The maximum Gasteiger partial charge on any atom is 0.190 e. The molecule has 0 atom stereocenters. The molecule has 1 aromatic rings. The van der Waals surface area contributed by atoms with Crippen molar-refractivity contribution in [2.45, 2.75) is 32.1 Å². The Kier molecular flexibility index (Phi) is 6.50.